The van der Waals surface area contributed by atoms with Crippen molar-refractivity contribution in [3.63, 3.8) is 0 Å². The molecule has 2 aliphatic rings. The zero-order valence-electron chi connectivity index (χ0n) is 9.32. The van der Waals surface area contributed by atoms with Gasteiger partial charge in [-0.05, 0) is 45.1 Å². The maximum Gasteiger partial charge on any atom is 0.303 e. The predicted octanol–water partition coefficient (Wildman–Crippen LogP) is 2.26. The number of hydrogen-bond donors (Lipinski definition) is 1. The number of aliphatic carboxylic acids is 1. The minimum absolute atomic E-state index is 0.342. The lowest BCUT2D eigenvalue weighted by atomic mass is 9.90. The summed E-state index contributed by atoms with van der Waals surface area (Å²) in [5.74, 6) is -0.650. The quantitative estimate of drug-likeness (QED) is 0.758. The molecule has 3 heteroatoms. The second kappa shape index (κ2) is 4.97. The highest BCUT2D eigenvalue weighted by Crippen LogP contribution is 2.32. The van der Waals surface area contributed by atoms with E-state index in [1.807, 2.05) is 0 Å². The van der Waals surface area contributed by atoms with Gasteiger partial charge in [0.25, 0.3) is 0 Å². The Morgan fingerprint density at radius 3 is 2.67 bits per heavy atom. The molecule has 0 spiro atoms. The molecule has 1 atom stereocenters. The zero-order valence-corrected chi connectivity index (χ0v) is 9.32. The van der Waals surface area contributed by atoms with E-state index >= 15 is 0 Å². The lowest BCUT2D eigenvalue weighted by Gasteiger charge is -2.38. The Kier molecular flexibility index (Phi) is 3.62. The first kappa shape index (κ1) is 10.9. The summed E-state index contributed by atoms with van der Waals surface area (Å²) >= 11 is 0. The molecule has 1 heterocycles. The zero-order chi connectivity index (χ0) is 10.7. The Morgan fingerprint density at radius 1 is 1.27 bits per heavy atom. The molecule has 0 radical (unpaired) electrons. The molecule has 1 aliphatic carbocycles. The van der Waals surface area contributed by atoms with Crippen LogP contribution in [0.4, 0.5) is 0 Å². The van der Waals surface area contributed by atoms with Gasteiger partial charge in [-0.15, -0.1) is 0 Å². The van der Waals surface area contributed by atoms with Gasteiger partial charge in [-0.3, -0.25) is 9.69 Å². The monoisotopic (exact) mass is 211 g/mol. The third-order valence-corrected chi connectivity index (χ3v) is 3.89. The molecule has 0 bridgehead atoms. The molecule has 0 aromatic carbocycles. The number of nitrogens with zero attached hydrogens (tertiary/aromatic N) is 1. The van der Waals surface area contributed by atoms with Crippen LogP contribution in [0.15, 0.2) is 0 Å². The fraction of sp³-hybridized carbons (Fsp3) is 0.917. The topological polar surface area (TPSA) is 40.5 Å². The van der Waals surface area contributed by atoms with E-state index in [0.717, 1.165) is 18.9 Å². The van der Waals surface area contributed by atoms with E-state index in [1.165, 1.54) is 38.6 Å². The summed E-state index contributed by atoms with van der Waals surface area (Å²) in [5, 5.41) is 8.61. The first-order valence-corrected chi connectivity index (χ1v) is 6.25. The van der Waals surface area contributed by atoms with Gasteiger partial charge in [-0.2, -0.15) is 0 Å². The summed E-state index contributed by atoms with van der Waals surface area (Å²) in [6.45, 7) is 1.25. The van der Waals surface area contributed by atoms with E-state index < -0.39 is 5.97 Å². The van der Waals surface area contributed by atoms with Crippen LogP contribution in [-0.4, -0.2) is 34.6 Å². The van der Waals surface area contributed by atoms with Crippen molar-refractivity contribution in [2.24, 2.45) is 0 Å². The van der Waals surface area contributed by atoms with Crippen LogP contribution in [0.25, 0.3) is 0 Å². The SMILES string of the molecule is O=C(O)CCCC1CCCN1C1CCC1. The maximum atomic E-state index is 10.4. The smallest absolute Gasteiger partial charge is 0.303 e. The van der Waals surface area contributed by atoms with E-state index in [0.29, 0.717) is 12.5 Å². The number of carboxylic acid groups (broad SMARTS) is 1. The van der Waals surface area contributed by atoms with E-state index in [1.54, 1.807) is 0 Å². The normalized spacial score (nSPS) is 27.9. The minimum atomic E-state index is -0.650. The van der Waals surface area contributed by atoms with Gasteiger partial charge in [-0.1, -0.05) is 6.42 Å². The molecule has 1 N–H and O–H groups in total. The van der Waals surface area contributed by atoms with Crippen LogP contribution in [0.5, 0.6) is 0 Å². The Labute approximate surface area is 91.5 Å². The van der Waals surface area contributed by atoms with Crippen LogP contribution in [-0.2, 0) is 4.79 Å². The minimum Gasteiger partial charge on any atom is -0.481 e. The summed E-state index contributed by atoms with van der Waals surface area (Å²) in [6.07, 6.45) is 9.01. The van der Waals surface area contributed by atoms with Crippen molar-refractivity contribution in [3.05, 3.63) is 0 Å². The van der Waals surface area contributed by atoms with Gasteiger partial charge in [0.2, 0.25) is 0 Å². The van der Waals surface area contributed by atoms with Crippen LogP contribution < -0.4 is 0 Å². The third kappa shape index (κ3) is 2.71. The summed E-state index contributed by atoms with van der Waals surface area (Å²) in [6, 6.07) is 1.52. The van der Waals surface area contributed by atoms with Gasteiger partial charge in [-0.25, -0.2) is 0 Å². The van der Waals surface area contributed by atoms with Gasteiger partial charge in [0, 0.05) is 18.5 Å². The maximum absolute atomic E-state index is 10.4. The number of hydrogen-bond acceptors (Lipinski definition) is 2. The standard InChI is InChI=1S/C12H21NO2/c14-12(15)8-2-6-11-7-3-9-13(11)10-4-1-5-10/h10-11H,1-9H2,(H,14,15). The Balaban J connectivity index is 1.72. The van der Waals surface area contributed by atoms with Gasteiger partial charge >= 0.3 is 5.97 Å². The molecule has 1 saturated heterocycles. The molecule has 15 heavy (non-hydrogen) atoms. The van der Waals surface area contributed by atoms with Crippen LogP contribution in [0.3, 0.4) is 0 Å². The van der Waals surface area contributed by atoms with Crippen molar-refractivity contribution in [3.8, 4) is 0 Å². The van der Waals surface area contributed by atoms with Crippen molar-refractivity contribution in [1.82, 2.24) is 4.90 Å². The lowest BCUT2D eigenvalue weighted by Crippen LogP contribution is -2.43. The number of rotatable bonds is 5. The van der Waals surface area contributed by atoms with Crippen molar-refractivity contribution >= 4 is 5.97 Å². The first-order chi connectivity index (χ1) is 7.27. The molecule has 3 nitrogen and oxygen atoms in total. The van der Waals surface area contributed by atoms with Crippen molar-refractivity contribution in [2.75, 3.05) is 6.54 Å². The molecule has 1 unspecified atom stereocenters. The summed E-state index contributed by atoms with van der Waals surface area (Å²) in [7, 11) is 0. The summed E-state index contributed by atoms with van der Waals surface area (Å²) < 4.78 is 0. The molecule has 1 saturated carbocycles. The van der Waals surface area contributed by atoms with Gasteiger partial charge in [0.1, 0.15) is 0 Å². The van der Waals surface area contributed by atoms with Crippen molar-refractivity contribution in [1.29, 1.82) is 0 Å². The van der Waals surface area contributed by atoms with Crippen LogP contribution in [0.2, 0.25) is 0 Å². The van der Waals surface area contributed by atoms with Gasteiger partial charge < -0.3 is 5.11 Å². The third-order valence-electron chi connectivity index (χ3n) is 3.89. The highest BCUT2D eigenvalue weighted by Gasteiger charge is 2.33. The highest BCUT2D eigenvalue weighted by atomic mass is 16.4. The molecule has 1 aliphatic heterocycles. The summed E-state index contributed by atoms with van der Waals surface area (Å²) in [4.78, 5) is 13.1. The van der Waals surface area contributed by atoms with E-state index in [4.69, 9.17) is 5.11 Å². The molecule has 0 amide bonds. The molecular formula is C12H21NO2. The summed E-state index contributed by atoms with van der Waals surface area (Å²) in [5.41, 5.74) is 0. The Morgan fingerprint density at radius 2 is 2.07 bits per heavy atom. The molecule has 0 aromatic heterocycles. The number of carbonyl (C=O) groups is 1. The molecule has 0 aromatic rings. The molecule has 86 valence electrons. The average Bonchev–Trinajstić information content (AvgIpc) is 2.50. The largest absolute Gasteiger partial charge is 0.481 e. The van der Waals surface area contributed by atoms with E-state index in [9.17, 15) is 4.79 Å². The Bertz CT molecular complexity index is 226. The second-order valence-corrected chi connectivity index (χ2v) is 4.90. The molecule has 2 fully saturated rings. The number of likely N-dealkylation sites (tertiary alicyclic amines) is 1. The fourth-order valence-corrected chi connectivity index (χ4v) is 2.86. The van der Waals surface area contributed by atoms with Gasteiger partial charge in [0.15, 0.2) is 0 Å². The molecule has 2 rings (SSSR count). The van der Waals surface area contributed by atoms with E-state index in [-0.39, 0.29) is 0 Å². The first-order valence-electron chi connectivity index (χ1n) is 6.25. The van der Waals surface area contributed by atoms with Crippen LogP contribution in [0.1, 0.15) is 51.4 Å². The van der Waals surface area contributed by atoms with Crippen LogP contribution in [0, 0.1) is 0 Å². The number of carboxylic acids is 1. The van der Waals surface area contributed by atoms with E-state index in [2.05, 4.69) is 4.90 Å². The average molecular weight is 211 g/mol. The Hall–Kier alpha value is -0.570. The van der Waals surface area contributed by atoms with Gasteiger partial charge in [0.05, 0.1) is 0 Å². The second-order valence-electron chi connectivity index (χ2n) is 4.90. The van der Waals surface area contributed by atoms with Crippen LogP contribution >= 0.6 is 0 Å². The van der Waals surface area contributed by atoms with Crippen molar-refractivity contribution < 1.29 is 9.90 Å². The van der Waals surface area contributed by atoms with Crippen molar-refractivity contribution in [2.45, 2.75) is 63.5 Å². The fourth-order valence-electron chi connectivity index (χ4n) is 2.86. The lowest BCUT2D eigenvalue weighted by molar-refractivity contribution is -0.137. The predicted molar refractivity (Wildman–Crippen MR) is 58.9 cm³/mol. The highest BCUT2D eigenvalue weighted by molar-refractivity contribution is 5.66. The molecular weight excluding hydrogens is 190 g/mol.